The summed E-state index contributed by atoms with van der Waals surface area (Å²) in [7, 11) is 0. The van der Waals surface area contributed by atoms with Crippen molar-refractivity contribution in [2.45, 2.75) is 85.0 Å². The van der Waals surface area contributed by atoms with Crippen LogP contribution >= 0.6 is 0 Å². The van der Waals surface area contributed by atoms with E-state index in [0.717, 1.165) is 35.8 Å². The number of hydrogen-bond donors (Lipinski definition) is 0. The van der Waals surface area contributed by atoms with Gasteiger partial charge in [0, 0.05) is 5.56 Å². The SMILES string of the molecule is CCCCCCCOc1cnc(OCCCCCC(C)CC)nc1-c1ccccc1. The van der Waals surface area contributed by atoms with E-state index in [4.69, 9.17) is 9.47 Å². The molecule has 0 fully saturated rings. The molecule has 0 N–H and O–H groups in total. The topological polar surface area (TPSA) is 44.2 Å². The number of ether oxygens (including phenoxy) is 2. The maximum Gasteiger partial charge on any atom is 0.317 e. The molecule has 0 aliphatic carbocycles. The van der Waals surface area contributed by atoms with Crippen LogP contribution in [0.4, 0.5) is 0 Å². The van der Waals surface area contributed by atoms with Crippen LogP contribution in [0.25, 0.3) is 11.3 Å². The van der Waals surface area contributed by atoms with E-state index in [0.29, 0.717) is 19.2 Å². The van der Waals surface area contributed by atoms with Crippen LogP contribution in [0, 0.1) is 5.92 Å². The fraction of sp³-hybridized carbons (Fsp3) is 0.615. The minimum absolute atomic E-state index is 0.436. The second kappa shape index (κ2) is 14.8. The maximum absolute atomic E-state index is 6.04. The number of hydrogen-bond acceptors (Lipinski definition) is 4. The molecule has 0 aliphatic heterocycles. The number of unbranched alkanes of at least 4 members (excludes halogenated alkanes) is 6. The monoisotopic (exact) mass is 412 g/mol. The highest BCUT2D eigenvalue weighted by Gasteiger charge is 2.12. The Labute approximate surface area is 183 Å². The molecule has 0 spiro atoms. The van der Waals surface area contributed by atoms with Crippen molar-refractivity contribution in [3.05, 3.63) is 36.5 Å². The van der Waals surface area contributed by atoms with E-state index in [1.165, 1.54) is 51.4 Å². The summed E-state index contributed by atoms with van der Waals surface area (Å²) < 4.78 is 11.9. The molecular weight excluding hydrogens is 372 g/mol. The van der Waals surface area contributed by atoms with Gasteiger partial charge in [0.1, 0.15) is 5.69 Å². The summed E-state index contributed by atoms with van der Waals surface area (Å²) in [5, 5.41) is 0. The van der Waals surface area contributed by atoms with Crippen LogP contribution in [-0.4, -0.2) is 23.2 Å². The molecule has 4 nitrogen and oxygen atoms in total. The van der Waals surface area contributed by atoms with E-state index >= 15 is 0 Å². The number of benzene rings is 1. The predicted octanol–water partition coefficient (Wildman–Crippen LogP) is 7.48. The van der Waals surface area contributed by atoms with Gasteiger partial charge in [-0.05, 0) is 18.8 Å². The van der Waals surface area contributed by atoms with Gasteiger partial charge < -0.3 is 9.47 Å². The third-order valence-corrected chi connectivity index (χ3v) is 5.56. The lowest BCUT2D eigenvalue weighted by atomic mass is 10.0. The lowest BCUT2D eigenvalue weighted by Crippen LogP contribution is -2.05. The lowest BCUT2D eigenvalue weighted by molar-refractivity contribution is 0.274. The zero-order chi connectivity index (χ0) is 21.4. The van der Waals surface area contributed by atoms with Crippen LogP contribution in [-0.2, 0) is 0 Å². The van der Waals surface area contributed by atoms with Crippen molar-refractivity contribution in [2.24, 2.45) is 5.92 Å². The highest BCUT2D eigenvalue weighted by atomic mass is 16.5. The second-order valence-corrected chi connectivity index (χ2v) is 8.21. The third-order valence-electron chi connectivity index (χ3n) is 5.56. The van der Waals surface area contributed by atoms with Crippen molar-refractivity contribution < 1.29 is 9.47 Å². The fourth-order valence-electron chi connectivity index (χ4n) is 3.36. The molecule has 1 heterocycles. The number of aromatic nitrogens is 2. The van der Waals surface area contributed by atoms with Crippen molar-refractivity contribution in [1.29, 1.82) is 0 Å². The third kappa shape index (κ3) is 9.15. The van der Waals surface area contributed by atoms with Crippen LogP contribution in [0.1, 0.15) is 85.0 Å². The zero-order valence-electron chi connectivity index (χ0n) is 19.2. The molecule has 1 unspecified atom stereocenters. The van der Waals surface area contributed by atoms with Crippen molar-refractivity contribution >= 4 is 0 Å². The molecule has 0 radical (unpaired) electrons. The molecular formula is C26H40N2O2. The molecule has 0 aliphatic rings. The summed E-state index contributed by atoms with van der Waals surface area (Å²) >= 11 is 0. The van der Waals surface area contributed by atoms with Gasteiger partial charge in [0.25, 0.3) is 0 Å². The minimum atomic E-state index is 0.436. The second-order valence-electron chi connectivity index (χ2n) is 8.21. The van der Waals surface area contributed by atoms with Crippen molar-refractivity contribution in [1.82, 2.24) is 9.97 Å². The van der Waals surface area contributed by atoms with Gasteiger partial charge in [-0.25, -0.2) is 0 Å². The first-order chi connectivity index (χ1) is 14.7. The number of rotatable bonds is 16. The van der Waals surface area contributed by atoms with E-state index in [9.17, 15) is 0 Å². The van der Waals surface area contributed by atoms with E-state index in [2.05, 4.69) is 42.9 Å². The summed E-state index contributed by atoms with van der Waals surface area (Å²) in [6.45, 7) is 8.17. The molecule has 4 heteroatoms. The van der Waals surface area contributed by atoms with E-state index in [1.54, 1.807) is 6.20 Å². The lowest BCUT2D eigenvalue weighted by Gasteiger charge is -2.12. The Hall–Kier alpha value is -2.10. The normalized spacial score (nSPS) is 12.0. The highest BCUT2D eigenvalue weighted by molar-refractivity contribution is 5.65. The maximum atomic E-state index is 6.04. The van der Waals surface area contributed by atoms with Crippen molar-refractivity contribution in [3.8, 4) is 23.0 Å². The fourth-order valence-corrected chi connectivity index (χ4v) is 3.36. The first-order valence-corrected chi connectivity index (χ1v) is 11.9. The predicted molar refractivity (Wildman–Crippen MR) is 125 cm³/mol. The molecule has 1 atom stereocenters. The van der Waals surface area contributed by atoms with Crippen LogP contribution in [0.5, 0.6) is 11.8 Å². The van der Waals surface area contributed by atoms with Gasteiger partial charge >= 0.3 is 6.01 Å². The molecule has 0 bridgehead atoms. The Morgan fingerprint density at radius 2 is 1.53 bits per heavy atom. The molecule has 0 saturated carbocycles. The minimum Gasteiger partial charge on any atom is -0.490 e. The van der Waals surface area contributed by atoms with Crippen LogP contribution in [0.3, 0.4) is 0 Å². The largest absolute Gasteiger partial charge is 0.490 e. The number of nitrogens with zero attached hydrogens (tertiary/aromatic N) is 2. The Balaban J connectivity index is 1.89. The van der Waals surface area contributed by atoms with Gasteiger partial charge in [-0.15, -0.1) is 0 Å². The van der Waals surface area contributed by atoms with Gasteiger partial charge in [0.15, 0.2) is 5.75 Å². The van der Waals surface area contributed by atoms with Gasteiger partial charge in [0.2, 0.25) is 0 Å². The summed E-state index contributed by atoms with van der Waals surface area (Å²) in [6, 6.07) is 10.6. The summed E-state index contributed by atoms with van der Waals surface area (Å²) in [5.74, 6) is 1.56. The first kappa shape index (κ1) is 24.2. The quantitative estimate of drug-likeness (QED) is 0.268. The van der Waals surface area contributed by atoms with Crippen LogP contribution in [0.2, 0.25) is 0 Å². The van der Waals surface area contributed by atoms with Crippen molar-refractivity contribution in [3.63, 3.8) is 0 Å². The van der Waals surface area contributed by atoms with Gasteiger partial charge in [0.05, 0.1) is 19.4 Å². The standard InChI is InChI=1S/C26H40N2O2/c1-4-6-7-8-14-19-29-24-21-27-26(28-25(24)23-17-12-9-13-18-23)30-20-15-10-11-16-22(3)5-2/h9,12-13,17-18,21-22H,4-8,10-11,14-16,19-20H2,1-3H3. The highest BCUT2D eigenvalue weighted by Crippen LogP contribution is 2.29. The molecule has 166 valence electrons. The molecule has 0 amide bonds. The smallest absolute Gasteiger partial charge is 0.317 e. The molecule has 2 aromatic rings. The van der Waals surface area contributed by atoms with Gasteiger partial charge in [-0.3, -0.25) is 0 Å². The zero-order valence-corrected chi connectivity index (χ0v) is 19.2. The first-order valence-electron chi connectivity index (χ1n) is 11.9. The Morgan fingerprint density at radius 3 is 2.27 bits per heavy atom. The van der Waals surface area contributed by atoms with Gasteiger partial charge in [-0.2, -0.15) is 9.97 Å². The van der Waals surface area contributed by atoms with E-state index < -0.39 is 0 Å². The molecule has 0 saturated heterocycles. The van der Waals surface area contributed by atoms with Crippen LogP contribution in [0.15, 0.2) is 36.5 Å². The van der Waals surface area contributed by atoms with Crippen molar-refractivity contribution in [2.75, 3.05) is 13.2 Å². The Bertz CT molecular complexity index is 691. The summed E-state index contributed by atoms with van der Waals surface area (Å²) in [4.78, 5) is 9.07. The molecule has 1 aromatic heterocycles. The average Bonchev–Trinajstić information content (AvgIpc) is 2.79. The summed E-state index contributed by atoms with van der Waals surface area (Å²) in [5.41, 5.74) is 1.84. The average molecular weight is 413 g/mol. The molecule has 2 rings (SSSR count). The molecule has 1 aromatic carbocycles. The summed E-state index contributed by atoms with van der Waals surface area (Å²) in [6.07, 6.45) is 13.9. The van der Waals surface area contributed by atoms with Gasteiger partial charge in [-0.1, -0.05) is 102 Å². The van der Waals surface area contributed by atoms with Crippen LogP contribution < -0.4 is 9.47 Å². The van der Waals surface area contributed by atoms with E-state index in [1.807, 2.05) is 18.2 Å². The van der Waals surface area contributed by atoms with E-state index in [-0.39, 0.29) is 0 Å². The Kier molecular flexibility index (Phi) is 11.9. The Morgan fingerprint density at radius 1 is 0.833 bits per heavy atom. The molecule has 30 heavy (non-hydrogen) atoms.